The number of likely N-dealkylation sites (N-methyl/N-ethyl adjacent to an activating group) is 1. The van der Waals surface area contributed by atoms with Crippen LogP contribution in [-0.2, 0) is 4.79 Å². The van der Waals surface area contributed by atoms with Gasteiger partial charge in [-0.2, -0.15) is 0 Å². The second-order valence-corrected chi connectivity index (χ2v) is 4.50. The molecule has 0 saturated carbocycles. The van der Waals surface area contributed by atoms with Gasteiger partial charge in [-0.05, 0) is 33.7 Å². The summed E-state index contributed by atoms with van der Waals surface area (Å²) in [7, 11) is 1.88. The maximum absolute atomic E-state index is 12.0. The highest BCUT2D eigenvalue weighted by Crippen LogP contribution is 2.11. The van der Waals surface area contributed by atoms with Gasteiger partial charge in [-0.15, -0.1) is 0 Å². The molecule has 2 unspecified atom stereocenters. The standard InChI is InChI=1S/C11H22N2O2/c1-9(14)8-12(3)10(2)11(15)13-6-4-5-7-13/h9-10,14H,4-8H2,1-3H3. The molecule has 2 atom stereocenters. The van der Waals surface area contributed by atoms with Crippen molar-refractivity contribution < 1.29 is 9.90 Å². The maximum Gasteiger partial charge on any atom is 0.239 e. The number of rotatable bonds is 4. The lowest BCUT2D eigenvalue weighted by Gasteiger charge is -2.28. The summed E-state index contributed by atoms with van der Waals surface area (Å²) in [6.07, 6.45) is 1.86. The molecule has 1 fully saturated rings. The van der Waals surface area contributed by atoms with Crippen LogP contribution in [0.5, 0.6) is 0 Å². The van der Waals surface area contributed by atoms with Gasteiger partial charge in [0.05, 0.1) is 12.1 Å². The number of hydrogen-bond donors (Lipinski definition) is 1. The third-order valence-corrected chi connectivity index (χ3v) is 2.99. The van der Waals surface area contributed by atoms with E-state index in [1.165, 1.54) is 0 Å². The summed E-state index contributed by atoms with van der Waals surface area (Å²) in [5.41, 5.74) is 0. The largest absolute Gasteiger partial charge is 0.392 e. The van der Waals surface area contributed by atoms with Crippen LogP contribution in [-0.4, -0.2) is 59.6 Å². The Balaban J connectivity index is 2.43. The van der Waals surface area contributed by atoms with E-state index in [2.05, 4.69) is 0 Å². The minimum atomic E-state index is -0.385. The second-order valence-electron chi connectivity index (χ2n) is 4.50. The Labute approximate surface area is 91.9 Å². The third kappa shape index (κ3) is 3.47. The van der Waals surface area contributed by atoms with E-state index >= 15 is 0 Å². The first-order chi connectivity index (χ1) is 7.02. The van der Waals surface area contributed by atoms with Crippen LogP contribution in [0.15, 0.2) is 0 Å². The number of carbonyl (C=O) groups excluding carboxylic acids is 1. The highest BCUT2D eigenvalue weighted by Gasteiger charge is 2.26. The molecule has 88 valence electrons. The minimum absolute atomic E-state index is 0.127. The number of carbonyl (C=O) groups is 1. The number of nitrogens with zero attached hydrogens (tertiary/aromatic N) is 2. The molecule has 0 aromatic heterocycles. The molecule has 1 aliphatic heterocycles. The zero-order valence-electron chi connectivity index (χ0n) is 9.94. The molecule has 1 heterocycles. The zero-order chi connectivity index (χ0) is 11.4. The normalized spacial score (nSPS) is 20.7. The fourth-order valence-corrected chi connectivity index (χ4v) is 1.97. The first-order valence-corrected chi connectivity index (χ1v) is 5.69. The summed E-state index contributed by atoms with van der Waals surface area (Å²) in [4.78, 5) is 15.8. The molecule has 15 heavy (non-hydrogen) atoms. The Bertz CT molecular complexity index is 213. The molecule has 0 radical (unpaired) electrons. The number of aliphatic hydroxyl groups is 1. The Morgan fingerprint density at radius 1 is 1.40 bits per heavy atom. The number of amides is 1. The van der Waals surface area contributed by atoms with Crippen LogP contribution in [0.25, 0.3) is 0 Å². The molecule has 0 aliphatic carbocycles. The number of aliphatic hydroxyl groups excluding tert-OH is 1. The van der Waals surface area contributed by atoms with E-state index in [1.807, 2.05) is 23.8 Å². The zero-order valence-corrected chi connectivity index (χ0v) is 9.94. The molecule has 1 amide bonds. The van der Waals surface area contributed by atoms with Crippen molar-refractivity contribution in [2.75, 3.05) is 26.7 Å². The van der Waals surface area contributed by atoms with Crippen LogP contribution >= 0.6 is 0 Å². The van der Waals surface area contributed by atoms with Gasteiger partial charge in [0.2, 0.25) is 5.91 Å². The number of likely N-dealkylation sites (tertiary alicyclic amines) is 1. The van der Waals surface area contributed by atoms with E-state index in [9.17, 15) is 9.90 Å². The van der Waals surface area contributed by atoms with Crippen LogP contribution in [0.3, 0.4) is 0 Å². The van der Waals surface area contributed by atoms with Gasteiger partial charge in [0, 0.05) is 19.6 Å². The molecule has 1 aliphatic rings. The van der Waals surface area contributed by atoms with Crippen LogP contribution in [0.2, 0.25) is 0 Å². The fourth-order valence-electron chi connectivity index (χ4n) is 1.97. The van der Waals surface area contributed by atoms with E-state index in [-0.39, 0.29) is 18.1 Å². The average Bonchev–Trinajstić information content (AvgIpc) is 2.67. The summed E-state index contributed by atoms with van der Waals surface area (Å²) in [6, 6.07) is -0.127. The van der Waals surface area contributed by atoms with Crippen molar-refractivity contribution in [3.63, 3.8) is 0 Å². The Morgan fingerprint density at radius 3 is 2.40 bits per heavy atom. The van der Waals surface area contributed by atoms with Crippen molar-refractivity contribution in [3.05, 3.63) is 0 Å². The molecule has 0 aromatic rings. The second kappa shape index (κ2) is 5.47. The summed E-state index contributed by atoms with van der Waals surface area (Å²) in [5, 5.41) is 9.25. The first kappa shape index (κ1) is 12.5. The van der Waals surface area contributed by atoms with E-state index in [4.69, 9.17) is 0 Å². The van der Waals surface area contributed by atoms with Gasteiger partial charge in [-0.1, -0.05) is 0 Å². The lowest BCUT2D eigenvalue weighted by atomic mass is 10.2. The van der Waals surface area contributed by atoms with Gasteiger partial charge >= 0.3 is 0 Å². The van der Waals surface area contributed by atoms with Gasteiger partial charge in [0.15, 0.2) is 0 Å². The Hall–Kier alpha value is -0.610. The monoisotopic (exact) mass is 214 g/mol. The molecule has 0 spiro atoms. The predicted octanol–water partition coefficient (Wildman–Crippen LogP) is 0.310. The van der Waals surface area contributed by atoms with E-state index < -0.39 is 0 Å². The molecule has 1 N–H and O–H groups in total. The highest BCUT2D eigenvalue weighted by molar-refractivity contribution is 5.81. The summed E-state index contributed by atoms with van der Waals surface area (Å²) in [6.45, 7) is 5.98. The van der Waals surface area contributed by atoms with E-state index in [0.717, 1.165) is 25.9 Å². The maximum atomic E-state index is 12.0. The van der Waals surface area contributed by atoms with E-state index in [1.54, 1.807) is 6.92 Å². The third-order valence-electron chi connectivity index (χ3n) is 2.99. The van der Waals surface area contributed by atoms with Crippen LogP contribution in [0, 0.1) is 0 Å². The van der Waals surface area contributed by atoms with Gasteiger partial charge in [0.1, 0.15) is 0 Å². The van der Waals surface area contributed by atoms with Crippen LogP contribution in [0.4, 0.5) is 0 Å². The van der Waals surface area contributed by atoms with Crippen molar-refractivity contribution in [2.45, 2.75) is 38.8 Å². The Kier molecular flexibility index (Phi) is 4.54. The molecule has 0 bridgehead atoms. The van der Waals surface area contributed by atoms with Gasteiger partial charge < -0.3 is 10.0 Å². The molecular formula is C11H22N2O2. The van der Waals surface area contributed by atoms with Gasteiger partial charge in [-0.3, -0.25) is 9.69 Å². The van der Waals surface area contributed by atoms with E-state index in [0.29, 0.717) is 6.54 Å². The van der Waals surface area contributed by atoms with Crippen molar-refractivity contribution in [2.24, 2.45) is 0 Å². The van der Waals surface area contributed by atoms with Gasteiger partial charge in [-0.25, -0.2) is 0 Å². The van der Waals surface area contributed by atoms with Gasteiger partial charge in [0.25, 0.3) is 0 Å². The molecule has 0 aromatic carbocycles. The predicted molar refractivity (Wildman–Crippen MR) is 59.6 cm³/mol. The van der Waals surface area contributed by atoms with Crippen molar-refractivity contribution in [3.8, 4) is 0 Å². The molecule has 4 heteroatoms. The van der Waals surface area contributed by atoms with Crippen molar-refractivity contribution in [1.29, 1.82) is 0 Å². The lowest BCUT2D eigenvalue weighted by molar-refractivity contribution is -0.135. The van der Waals surface area contributed by atoms with Crippen LogP contribution < -0.4 is 0 Å². The summed E-state index contributed by atoms with van der Waals surface area (Å²) < 4.78 is 0. The molecule has 4 nitrogen and oxygen atoms in total. The van der Waals surface area contributed by atoms with Crippen molar-refractivity contribution in [1.82, 2.24) is 9.80 Å². The first-order valence-electron chi connectivity index (χ1n) is 5.69. The lowest BCUT2D eigenvalue weighted by Crippen LogP contribution is -2.46. The highest BCUT2D eigenvalue weighted by atomic mass is 16.3. The van der Waals surface area contributed by atoms with Crippen molar-refractivity contribution >= 4 is 5.91 Å². The average molecular weight is 214 g/mol. The molecule has 1 saturated heterocycles. The fraction of sp³-hybridized carbons (Fsp3) is 0.909. The number of hydrogen-bond acceptors (Lipinski definition) is 3. The SMILES string of the molecule is CC(O)CN(C)C(C)C(=O)N1CCCC1. The topological polar surface area (TPSA) is 43.8 Å². The molecule has 1 rings (SSSR count). The van der Waals surface area contributed by atoms with Crippen LogP contribution in [0.1, 0.15) is 26.7 Å². The Morgan fingerprint density at radius 2 is 1.93 bits per heavy atom. The summed E-state index contributed by atoms with van der Waals surface area (Å²) >= 11 is 0. The minimum Gasteiger partial charge on any atom is -0.392 e. The quantitative estimate of drug-likeness (QED) is 0.732. The molecular weight excluding hydrogens is 192 g/mol. The smallest absolute Gasteiger partial charge is 0.239 e. The summed E-state index contributed by atoms with van der Waals surface area (Å²) in [5.74, 6) is 0.190.